The highest BCUT2D eigenvalue weighted by Gasteiger charge is 2.23. The van der Waals surface area contributed by atoms with Gasteiger partial charge in [-0.3, -0.25) is 0 Å². The zero-order valence-corrected chi connectivity index (χ0v) is 10.6. The van der Waals surface area contributed by atoms with Gasteiger partial charge in [0.2, 0.25) is 0 Å². The van der Waals surface area contributed by atoms with E-state index in [2.05, 4.69) is 46.3 Å². The molecule has 1 fully saturated rings. The maximum atomic E-state index is 3.79. The summed E-state index contributed by atoms with van der Waals surface area (Å²) >= 11 is 5.82. The highest BCUT2D eigenvalue weighted by molar-refractivity contribution is 9.09. The van der Waals surface area contributed by atoms with E-state index >= 15 is 0 Å². The molecule has 2 unspecified atom stereocenters. The van der Waals surface area contributed by atoms with Crippen molar-refractivity contribution in [2.75, 3.05) is 0 Å². The summed E-state index contributed by atoms with van der Waals surface area (Å²) in [5, 5.41) is 0.770. The molecular formula is C12H15BrS. The second-order valence-corrected chi connectivity index (χ2v) is 6.26. The van der Waals surface area contributed by atoms with Gasteiger partial charge in [-0.25, -0.2) is 0 Å². The fourth-order valence-electron chi connectivity index (χ4n) is 1.86. The van der Waals surface area contributed by atoms with Gasteiger partial charge >= 0.3 is 0 Å². The maximum Gasteiger partial charge on any atom is 0.0268 e. The minimum absolute atomic E-state index is 0.710. The molecule has 0 aromatic heterocycles. The number of alkyl halides is 1. The summed E-state index contributed by atoms with van der Waals surface area (Å²) in [7, 11) is 0. The molecule has 1 saturated carbocycles. The van der Waals surface area contributed by atoms with Crippen LogP contribution in [0.5, 0.6) is 0 Å². The highest BCUT2D eigenvalue weighted by atomic mass is 79.9. The molecule has 0 radical (unpaired) electrons. The molecule has 0 amide bonds. The summed E-state index contributed by atoms with van der Waals surface area (Å²) in [6.07, 6.45) is 5.48. The summed E-state index contributed by atoms with van der Waals surface area (Å²) in [4.78, 5) is 2.12. The van der Waals surface area contributed by atoms with Crippen LogP contribution in [0.25, 0.3) is 0 Å². The van der Waals surface area contributed by atoms with Crippen molar-refractivity contribution < 1.29 is 0 Å². The van der Waals surface area contributed by atoms with Crippen molar-refractivity contribution in [2.45, 2.75) is 40.7 Å². The van der Waals surface area contributed by atoms with Crippen molar-refractivity contribution in [3.05, 3.63) is 30.3 Å². The first-order valence-electron chi connectivity index (χ1n) is 5.22. The fourth-order valence-corrected chi connectivity index (χ4v) is 4.00. The molecule has 0 saturated heterocycles. The first-order valence-corrected chi connectivity index (χ1v) is 7.01. The van der Waals surface area contributed by atoms with Crippen molar-refractivity contribution in [3.8, 4) is 0 Å². The Morgan fingerprint density at radius 1 is 1.07 bits per heavy atom. The first kappa shape index (κ1) is 10.6. The Balaban J connectivity index is 1.96. The number of halogens is 1. The molecule has 0 nitrogen and oxygen atoms in total. The van der Waals surface area contributed by atoms with Gasteiger partial charge in [-0.2, -0.15) is 0 Å². The van der Waals surface area contributed by atoms with Gasteiger partial charge in [0, 0.05) is 15.0 Å². The monoisotopic (exact) mass is 270 g/mol. The Morgan fingerprint density at radius 3 is 2.50 bits per heavy atom. The van der Waals surface area contributed by atoms with E-state index < -0.39 is 0 Å². The third kappa shape index (κ3) is 2.77. The zero-order chi connectivity index (χ0) is 9.80. The van der Waals surface area contributed by atoms with Gasteiger partial charge in [0.25, 0.3) is 0 Å². The lowest BCUT2D eigenvalue weighted by atomic mass is 10.0. The number of hydrogen-bond donors (Lipinski definition) is 0. The molecule has 2 atom stereocenters. The molecule has 76 valence electrons. The van der Waals surface area contributed by atoms with Crippen molar-refractivity contribution >= 4 is 27.7 Å². The molecule has 1 aliphatic carbocycles. The predicted octanol–water partition coefficient (Wildman–Crippen LogP) is 4.48. The van der Waals surface area contributed by atoms with Gasteiger partial charge in [0.05, 0.1) is 0 Å². The van der Waals surface area contributed by atoms with Crippen LogP contribution in [0.4, 0.5) is 0 Å². The number of benzene rings is 1. The van der Waals surface area contributed by atoms with E-state index in [0.717, 1.165) is 5.25 Å². The summed E-state index contributed by atoms with van der Waals surface area (Å²) in [6, 6.07) is 10.7. The Bertz CT molecular complexity index is 273. The Kier molecular flexibility index (Phi) is 3.94. The molecular weight excluding hydrogens is 256 g/mol. The average Bonchev–Trinajstić information content (AvgIpc) is 2.23. The molecule has 0 N–H and O–H groups in total. The van der Waals surface area contributed by atoms with Gasteiger partial charge in [0.1, 0.15) is 0 Å². The first-order chi connectivity index (χ1) is 6.86. The minimum atomic E-state index is 0.710. The molecule has 0 heterocycles. The number of hydrogen-bond acceptors (Lipinski definition) is 1. The third-order valence-electron chi connectivity index (χ3n) is 2.65. The quantitative estimate of drug-likeness (QED) is 0.714. The van der Waals surface area contributed by atoms with Crippen LogP contribution in [0.3, 0.4) is 0 Å². The SMILES string of the molecule is BrC1CCCCC1Sc1ccccc1. The van der Waals surface area contributed by atoms with E-state index in [-0.39, 0.29) is 0 Å². The smallest absolute Gasteiger partial charge is 0.0268 e. The second kappa shape index (κ2) is 5.22. The van der Waals surface area contributed by atoms with Crippen molar-refractivity contribution in [3.63, 3.8) is 0 Å². The lowest BCUT2D eigenvalue weighted by molar-refractivity contribution is 0.533. The fraction of sp³-hybridized carbons (Fsp3) is 0.500. The van der Waals surface area contributed by atoms with Crippen LogP contribution >= 0.6 is 27.7 Å². The minimum Gasteiger partial charge on any atom is -0.122 e. The Labute approximate surface area is 98.6 Å². The Hall–Kier alpha value is 0.0500. The summed E-state index contributed by atoms with van der Waals surface area (Å²) in [6.45, 7) is 0. The number of rotatable bonds is 2. The van der Waals surface area contributed by atoms with E-state index in [0.29, 0.717) is 4.83 Å². The van der Waals surface area contributed by atoms with E-state index in [9.17, 15) is 0 Å². The van der Waals surface area contributed by atoms with Crippen LogP contribution in [-0.4, -0.2) is 10.1 Å². The van der Waals surface area contributed by atoms with E-state index in [4.69, 9.17) is 0 Å². The Morgan fingerprint density at radius 2 is 1.79 bits per heavy atom. The highest BCUT2D eigenvalue weighted by Crippen LogP contribution is 2.36. The van der Waals surface area contributed by atoms with Crippen LogP contribution in [0.1, 0.15) is 25.7 Å². The zero-order valence-electron chi connectivity index (χ0n) is 8.16. The van der Waals surface area contributed by atoms with Crippen LogP contribution in [0, 0.1) is 0 Å². The van der Waals surface area contributed by atoms with Crippen LogP contribution in [0.15, 0.2) is 35.2 Å². The summed E-state index contributed by atoms with van der Waals surface area (Å²) in [5.41, 5.74) is 0. The van der Waals surface area contributed by atoms with E-state index in [1.807, 2.05) is 11.8 Å². The van der Waals surface area contributed by atoms with Crippen molar-refractivity contribution in [1.82, 2.24) is 0 Å². The van der Waals surface area contributed by atoms with Gasteiger partial charge in [-0.1, -0.05) is 47.0 Å². The van der Waals surface area contributed by atoms with Gasteiger partial charge in [-0.15, -0.1) is 11.8 Å². The third-order valence-corrected chi connectivity index (χ3v) is 5.51. The van der Waals surface area contributed by atoms with Crippen LogP contribution < -0.4 is 0 Å². The molecule has 0 spiro atoms. The predicted molar refractivity (Wildman–Crippen MR) is 67.3 cm³/mol. The average molecular weight is 271 g/mol. The van der Waals surface area contributed by atoms with E-state index in [1.54, 1.807) is 0 Å². The lowest BCUT2D eigenvalue weighted by Gasteiger charge is -2.26. The number of thioether (sulfide) groups is 1. The lowest BCUT2D eigenvalue weighted by Crippen LogP contribution is -2.21. The van der Waals surface area contributed by atoms with Gasteiger partial charge in [-0.05, 0) is 25.0 Å². The molecule has 0 aliphatic heterocycles. The normalized spacial score (nSPS) is 27.5. The van der Waals surface area contributed by atoms with Gasteiger partial charge in [0.15, 0.2) is 0 Å². The van der Waals surface area contributed by atoms with E-state index in [1.165, 1.54) is 30.6 Å². The molecule has 1 aromatic rings. The van der Waals surface area contributed by atoms with Crippen molar-refractivity contribution in [1.29, 1.82) is 0 Å². The molecule has 2 heteroatoms. The molecule has 1 aromatic carbocycles. The van der Waals surface area contributed by atoms with Crippen LogP contribution in [-0.2, 0) is 0 Å². The topological polar surface area (TPSA) is 0 Å². The van der Waals surface area contributed by atoms with Gasteiger partial charge < -0.3 is 0 Å². The summed E-state index contributed by atoms with van der Waals surface area (Å²) in [5.74, 6) is 0. The maximum absolute atomic E-state index is 3.79. The largest absolute Gasteiger partial charge is 0.122 e. The molecule has 2 rings (SSSR count). The molecule has 1 aliphatic rings. The van der Waals surface area contributed by atoms with Crippen molar-refractivity contribution in [2.24, 2.45) is 0 Å². The second-order valence-electron chi connectivity index (χ2n) is 3.77. The molecule has 0 bridgehead atoms. The summed E-state index contributed by atoms with van der Waals surface area (Å²) < 4.78 is 0. The molecule has 14 heavy (non-hydrogen) atoms. The van der Waals surface area contributed by atoms with Crippen LogP contribution in [0.2, 0.25) is 0 Å². The standard InChI is InChI=1S/C12H15BrS/c13-11-8-4-5-9-12(11)14-10-6-2-1-3-7-10/h1-3,6-7,11-12H,4-5,8-9H2.